The molecule has 166 valence electrons. The topological polar surface area (TPSA) is 85.0 Å². The lowest BCUT2D eigenvalue weighted by Gasteiger charge is -2.25. The molecule has 0 atom stereocenters. The van der Waals surface area contributed by atoms with Crippen LogP contribution in [0.4, 0.5) is 0 Å². The molecular formula is C21H35IN8. The maximum Gasteiger partial charge on any atom is 0.192 e. The van der Waals surface area contributed by atoms with E-state index in [0.29, 0.717) is 25.2 Å². The SMILES string of the molecule is Cc1nnc(CNC(=NCc2ccn(C3CCCC3)n2)NC2CCCCC2)n1C.I. The van der Waals surface area contributed by atoms with Gasteiger partial charge in [-0.15, -0.1) is 34.2 Å². The van der Waals surface area contributed by atoms with Crippen LogP contribution in [0.1, 0.15) is 81.2 Å². The molecule has 0 saturated heterocycles. The molecule has 2 fully saturated rings. The summed E-state index contributed by atoms with van der Waals surface area (Å²) >= 11 is 0. The molecule has 30 heavy (non-hydrogen) atoms. The van der Waals surface area contributed by atoms with Crippen molar-refractivity contribution in [1.29, 1.82) is 0 Å². The van der Waals surface area contributed by atoms with Crippen LogP contribution >= 0.6 is 24.0 Å². The highest BCUT2D eigenvalue weighted by Gasteiger charge is 2.18. The first-order valence-electron chi connectivity index (χ1n) is 11.1. The summed E-state index contributed by atoms with van der Waals surface area (Å²) in [6.45, 7) is 3.15. The van der Waals surface area contributed by atoms with Crippen molar-refractivity contribution in [1.82, 2.24) is 35.2 Å². The molecule has 0 unspecified atom stereocenters. The number of aliphatic imine (C=N–C) groups is 1. The number of guanidine groups is 1. The lowest BCUT2D eigenvalue weighted by molar-refractivity contribution is 0.409. The van der Waals surface area contributed by atoms with Crippen molar-refractivity contribution in [2.75, 3.05) is 0 Å². The second-order valence-corrected chi connectivity index (χ2v) is 8.45. The Morgan fingerprint density at radius 1 is 1.10 bits per heavy atom. The molecule has 0 aromatic carbocycles. The second-order valence-electron chi connectivity index (χ2n) is 8.45. The summed E-state index contributed by atoms with van der Waals surface area (Å²) in [6.07, 6.45) is 13.6. The van der Waals surface area contributed by atoms with Crippen LogP contribution in [0.3, 0.4) is 0 Å². The van der Waals surface area contributed by atoms with E-state index in [1.54, 1.807) is 0 Å². The molecule has 0 spiro atoms. The van der Waals surface area contributed by atoms with Crippen molar-refractivity contribution in [3.63, 3.8) is 0 Å². The standard InChI is InChI=1S/C21H34N8.HI/c1-16-25-26-20(28(16)2)15-23-21(24-17-8-4-3-5-9-17)22-14-18-12-13-29(27-18)19-10-6-7-11-19;/h12-13,17,19H,3-11,14-15H2,1-2H3,(H2,22,23,24);1H. The highest BCUT2D eigenvalue weighted by molar-refractivity contribution is 14.0. The summed E-state index contributed by atoms with van der Waals surface area (Å²) < 4.78 is 4.15. The summed E-state index contributed by atoms with van der Waals surface area (Å²) in [5, 5.41) is 20.3. The van der Waals surface area contributed by atoms with Gasteiger partial charge >= 0.3 is 0 Å². The maximum atomic E-state index is 4.84. The number of aromatic nitrogens is 5. The minimum atomic E-state index is 0. The van der Waals surface area contributed by atoms with Gasteiger partial charge in [-0.1, -0.05) is 32.1 Å². The zero-order chi connectivity index (χ0) is 20.1. The second kappa shape index (κ2) is 11.1. The van der Waals surface area contributed by atoms with E-state index in [0.717, 1.165) is 23.3 Å². The van der Waals surface area contributed by atoms with Gasteiger partial charge in [0.15, 0.2) is 11.8 Å². The average molecular weight is 526 g/mol. The van der Waals surface area contributed by atoms with E-state index in [9.17, 15) is 0 Å². The molecule has 2 aliphatic carbocycles. The summed E-state index contributed by atoms with van der Waals surface area (Å²) in [5.74, 6) is 2.66. The largest absolute Gasteiger partial charge is 0.354 e. The number of nitrogens with one attached hydrogen (secondary N) is 2. The third kappa shape index (κ3) is 5.95. The average Bonchev–Trinajstić information content (AvgIpc) is 3.48. The van der Waals surface area contributed by atoms with Crippen molar-refractivity contribution in [2.24, 2.45) is 12.0 Å². The number of nitrogens with zero attached hydrogens (tertiary/aromatic N) is 6. The number of hydrogen-bond donors (Lipinski definition) is 2. The molecule has 0 aliphatic heterocycles. The van der Waals surface area contributed by atoms with E-state index in [1.165, 1.54) is 57.8 Å². The fraction of sp³-hybridized carbons (Fsp3) is 0.714. The fourth-order valence-electron chi connectivity index (χ4n) is 4.35. The highest BCUT2D eigenvalue weighted by Crippen LogP contribution is 2.28. The van der Waals surface area contributed by atoms with Crippen LogP contribution in [-0.4, -0.2) is 36.5 Å². The van der Waals surface area contributed by atoms with Gasteiger partial charge in [0, 0.05) is 19.3 Å². The van der Waals surface area contributed by atoms with E-state index in [4.69, 9.17) is 10.1 Å². The molecule has 0 amide bonds. The molecule has 0 bridgehead atoms. The van der Waals surface area contributed by atoms with Crippen molar-refractivity contribution in [2.45, 2.75) is 89.9 Å². The van der Waals surface area contributed by atoms with Gasteiger partial charge in [-0.05, 0) is 38.7 Å². The minimum Gasteiger partial charge on any atom is -0.354 e. The van der Waals surface area contributed by atoms with Crippen molar-refractivity contribution in [3.05, 3.63) is 29.6 Å². The van der Waals surface area contributed by atoms with E-state index < -0.39 is 0 Å². The molecular weight excluding hydrogens is 491 g/mol. The zero-order valence-corrected chi connectivity index (χ0v) is 20.5. The van der Waals surface area contributed by atoms with Crippen LogP contribution in [0.2, 0.25) is 0 Å². The van der Waals surface area contributed by atoms with Crippen LogP contribution < -0.4 is 10.6 Å². The van der Waals surface area contributed by atoms with Gasteiger partial charge in [-0.2, -0.15) is 5.10 Å². The quantitative estimate of drug-likeness (QED) is 0.341. The number of hydrogen-bond acceptors (Lipinski definition) is 4. The summed E-state index contributed by atoms with van der Waals surface area (Å²) in [4.78, 5) is 4.84. The molecule has 2 aromatic heterocycles. The Morgan fingerprint density at radius 2 is 1.83 bits per heavy atom. The summed E-state index contributed by atoms with van der Waals surface area (Å²) in [5.41, 5.74) is 1.02. The van der Waals surface area contributed by atoms with Crippen molar-refractivity contribution < 1.29 is 0 Å². The zero-order valence-electron chi connectivity index (χ0n) is 18.2. The summed E-state index contributed by atoms with van der Waals surface area (Å²) in [6, 6.07) is 3.17. The summed E-state index contributed by atoms with van der Waals surface area (Å²) in [7, 11) is 1.99. The molecule has 2 saturated carbocycles. The Kier molecular flexibility index (Phi) is 8.52. The smallest absolute Gasteiger partial charge is 0.192 e. The Hall–Kier alpha value is -1.65. The number of halogens is 1. The van der Waals surface area contributed by atoms with Gasteiger partial charge in [0.1, 0.15) is 5.82 Å². The van der Waals surface area contributed by atoms with E-state index in [2.05, 4.69) is 37.8 Å². The van der Waals surface area contributed by atoms with Gasteiger partial charge in [-0.3, -0.25) is 4.68 Å². The molecule has 2 aliphatic rings. The molecule has 2 aromatic rings. The lowest BCUT2D eigenvalue weighted by atomic mass is 9.96. The first-order chi connectivity index (χ1) is 14.2. The van der Waals surface area contributed by atoms with Crippen LogP contribution in [0.15, 0.2) is 17.3 Å². The predicted octanol–water partition coefficient (Wildman–Crippen LogP) is 3.62. The van der Waals surface area contributed by atoms with E-state index >= 15 is 0 Å². The van der Waals surface area contributed by atoms with Gasteiger partial charge < -0.3 is 15.2 Å². The van der Waals surface area contributed by atoms with Gasteiger partial charge in [0.2, 0.25) is 0 Å². The van der Waals surface area contributed by atoms with Crippen LogP contribution in [-0.2, 0) is 20.1 Å². The first kappa shape index (κ1) is 23.0. The molecule has 2 N–H and O–H groups in total. The van der Waals surface area contributed by atoms with Crippen LogP contribution in [0.25, 0.3) is 0 Å². The van der Waals surface area contributed by atoms with Crippen LogP contribution in [0.5, 0.6) is 0 Å². The Balaban J connectivity index is 0.00000256. The maximum absolute atomic E-state index is 4.84. The van der Waals surface area contributed by atoms with Gasteiger partial charge in [0.25, 0.3) is 0 Å². The van der Waals surface area contributed by atoms with Crippen molar-refractivity contribution in [3.8, 4) is 0 Å². The predicted molar refractivity (Wildman–Crippen MR) is 129 cm³/mol. The Morgan fingerprint density at radius 3 is 2.53 bits per heavy atom. The van der Waals surface area contributed by atoms with Gasteiger partial charge in [-0.25, -0.2) is 4.99 Å². The highest BCUT2D eigenvalue weighted by atomic mass is 127. The first-order valence-corrected chi connectivity index (χ1v) is 11.1. The number of aryl methyl sites for hydroxylation is 1. The van der Waals surface area contributed by atoms with Crippen molar-refractivity contribution >= 4 is 29.9 Å². The minimum absolute atomic E-state index is 0. The van der Waals surface area contributed by atoms with Crippen LogP contribution in [0, 0.1) is 6.92 Å². The molecule has 8 nitrogen and oxygen atoms in total. The third-order valence-corrected chi connectivity index (χ3v) is 6.30. The molecule has 9 heteroatoms. The number of rotatable bonds is 6. The Bertz CT molecular complexity index is 815. The molecule has 2 heterocycles. The fourth-order valence-corrected chi connectivity index (χ4v) is 4.35. The van der Waals surface area contributed by atoms with Gasteiger partial charge in [0.05, 0.1) is 24.8 Å². The Labute approximate surface area is 196 Å². The lowest BCUT2D eigenvalue weighted by Crippen LogP contribution is -2.44. The third-order valence-electron chi connectivity index (χ3n) is 6.30. The van der Waals surface area contributed by atoms with E-state index in [1.807, 2.05) is 18.5 Å². The normalized spacial score (nSPS) is 18.4. The van der Waals surface area contributed by atoms with E-state index in [-0.39, 0.29) is 24.0 Å². The molecule has 0 radical (unpaired) electrons. The molecule has 4 rings (SSSR count). The monoisotopic (exact) mass is 526 g/mol.